The molecule has 6 heteroatoms. The van der Waals surface area contributed by atoms with E-state index in [0.717, 1.165) is 13.0 Å². The van der Waals surface area contributed by atoms with E-state index in [-0.39, 0.29) is 5.97 Å². The van der Waals surface area contributed by atoms with Crippen LogP contribution in [0.4, 0.5) is 0 Å². The molecule has 0 saturated heterocycles. The van der Waals surface area contributed by atoms with E-state index >= 15 is 0 Å². The maximum atomic E-state index is 11.1. The first-order valence-electron chi connectivity index (χ1n) is 8.77. The van der Waals surface area contributed by atoms with Gasteiger partial charge in [-0.15, -0.1) is 0 Å². The summed E-state index contributed by atoms with van der Waals surface area (Å²) in [5.74, 6) is -0.168. The van der Waals surface area contributed by atoms with Crippen molar-refractivity contribution in [3.8, 4) is 0 Å². The summed E-state index contributed by atoms with van der Waals surface area (Å²) in [4.78, 5) is 11.1. The van der Waals surface area contributed by atoms with Gasteiger partial charge in [0.2, 0.25) is 0 Å². The minimum absolute atomic E-state index is 0.168. The normalized spacial score (nSPS) is 10.9. The number of esters is 1. The highest BCUT2D eigenvalue weighted by atomic mass is 16.6. The van der Waals surface area contributed by atoms with Crippen molar-refractivity contribution < 1.29 is 28.5 Å². The van der Waals surface area contributed by atoms with Crippen LogP contribution >= 0.6 is 0 Å². The maximum absolute atomic E-state index is 11.1. The summed E-state index contributed by atoms with van der Waals surface area (Å²) in [5, 5.41) is 0. The van der Waals surface area contributed by atoms with Gasteiger partial charge >= 0.3 is 5.97 Å². The zero-order valence-corrected chi connectivity index (χ0v) is 14.8. The van der Waals surface area contributed by atoms with Crippen molar-refractivity contribution in [1.82, 2.24) is 0 Å². The SMILES string of the molecule is CCCCCOCCOCCOCCOCCCC(=O)OCC. The third-order valence-electron chi connectivity index (χ3n) is 2.98. The van der Waals surface area contributed by atoms with Gasteiger partial charge in [0.15, 0.2) is 0 Å². The van der Waals surface area contributed by atoms with E-state index in [2.05, 4.69) is 6.92 Å². The molecule has 0 atom stereocenters. The van der Waals surface area contributed by atoms with Crippen LogP contribution in [0.15, 0.2) is 0 Å². The number of rotatable bonds is 18. The van der Waals surface area contributed by atoms with Crippen molar-refractivity contribution in [3.05, 3.63) is 0 Å². The van der Waals surface area contributed by atoms with Crippen LogP contribution in [0.2, 0.25) is 0 Å². The van der Waals surface area contributed by atoms with Crippen LogP contribution in [-0.2, 0) is 28.5 Å². The van der Waals surface area contributed by atoms with Gasteiger partial charge in [-0.1, -0.05) is 19.8 Å². The summed E-state index contributed by atoms with van der Waals surface area (Å²) < 4.78 is 26.4. The molecule has 23 heavy (non-hydrogen) atoms. The van der Waals surface area contributed by atoms with Crippen molar-refractivity contribution >= 4 is 5.97 Å². The third-order valence-corrected chi connectivity index (χ3v) is 2.98. The second kappa shape index (κ2) is 19.4. The molecule has 0 aliphatic rings. The van der Waals surface area contributed by atoms with Crippen molar-refractivity contribution in [1.29, 1.82) is 0 Å². The Morgan fingerprint density at radius 1 is 0.652 bits per heavy atom. The number of hydrogen-bond donors (Lipinski definition) is 0. The van der Waals surface area contributed by atoms with Gasteiger partial charge in [0, 0.05) is 19.6 Å². The highest BCUT2D eigenvalue weighted by molar-refractivity contribution is 5.69. The van der Waals surface area contributed by atoms with Crippen molar-refractivity contribution in [2.45, 2.75) is 46.0 Å². The lowest BCUT2D eigenvalue weighted by molar-refractivity contribution is -0.143. The number of carbonyl (C=O) groups excluding carboxylic acids is 1. The molecule has 0 heterocycles. The molecule has 0 spiro atoms. The largest absolute Gasteiger partial charge is 0.466 e. The molecular weight excluding hydrogens is 300 g/mol. The van der Waals surface area contributed by atoms with Crippen LogP contribution in [0.3, 0.4) is 0 Å². The molecule has 0 radical (unpaired) electrons. The summed E-state index contributed by atoms with van der Waals surface area (Å²) in [6.07, 6.45) is 4.65. The van der Waals surface area contributed by atoms with Gasteiger partial charge in [0.25, 0.3) is 0 Å². The fourth-order valence-corrected chi connectivity index (χ4v) is 1.77. The topological polar surface area (TPSA) is 63.2 Å². The minimum atomic E-state index is -0.168. The van der Waals surface area contributed by atoms with E-state index in [9.17, 15) is 4.79 Å². The van der Waals surface area contributed by atoms with E-state index in [1.165, 1.54) is 12.8 Å². The smallest absolute Gasteiger partial charge is 0.305 e. The standard InChI is InChI=1S/C17H34O6/c1-3-5-6-9-19-11-13-21-15-16-22-14-12-20-10-7-8-17(18)23-4-2/h3-16H2,1-2H3. The van der Waals surface area contributed by atoms with Gasteiger partial charge < -0.3 is 23.7 Å². The lowest BCUT2D eigenvalue weighted by Gasteiger charge is -2.07. The van der Waals surface area contributed by atoms with Crippen LogP contribution in [0.25, 0.3) is 0 Å². The van der Waals surface area contributed by atoms with Crippen LogP contribution < -0.4 is 0 Å². The second-order valence-corrected chi connectivity index (χ2v) is 5.07. The van der Waals surface area contributed by atoms with Gasteiger partial charge in [0.1, 0.15) is 0 Å². The average molecular weight is 334 g/mol. The monoisotopic (exact) mass is 334 g/mol. The molecule has 0 aliphatic heterocycles. The average Bonchev–Trinajstić information content (AvgIpc) is 2.54. The second-order valence-electron chi connectivity index (χ2n) is 5.07. The van der Waals surface area contributed by atoms with E-state index in [1.54, 1.807) is 6.92 Å². The Morgan fingerprint density at radius 3 is 1.61 bits per heavy atom. The van der Waals surface area contributed by atoms with E-state index in [4.69, 9.17) is 23.7 Å². The van der Waals surface area contributed by atoms with E-state index in [1.807, 2.05) is 0 Å². The zero-order valence-electron chi connectivity index (χ0n) is 14.8. The summed E-state index contributed by atoms with van der Waals surface area (Å²) >= 11 is 0. The van der Waals surface area contributed by atoms with Crippen LogP contribution in [0, 0.1) is 0 Å². The summed E-state index contributed by atoms with van der Waals surface area (Å²) in [7, 11) is 0. The molecule has 0 aromatic rings. The molecule has 0 N–H and O–H groups in total. The van der Waals surface area contributed by atoms with Gasteiger partial charge in [-0.3, -0.25) is 4.79 Å². The van der Waals surface area contributed by atoms with Gasteiger partial charge in [0.05, 0.1) is 46.2 Å². The first-order chi connectivity index (χ1) is 11.3. The molecule has 0 bridgehead atoms. The molecule has 0 saturated carbocycles. The third kappa shape index (κ3) is 19.3. The molecule has 0 amide bonds. The zero-order chi connectivity index (χ0) is 17.0. The summed E-state index contributed by atoms with van der Waals surface area (Å²) in [6, 6.07) is 0. The van der Waals surface area contributed by atoms with E-state index in [0.29, 0.717) is 65.7 Å². The molecular formula is C17H34O6. The van der Waals surface area contributed by atoms with E-state index < -0.39 is 0 Å². The Kier molecular flexibility index (Phi) is 18.8. The van der Waals surface area contributed by atoms with Crippen molar-refractivity contribution in [3.63, 3.8) is 0 Å². The Hall–Kier alpha value is -0.690. The molecule has 0 rings (SSSR count). The van der Waals surface area contributed by atoms with Gasteiger partial charge in [-0.05, 0) is 19.8 Å². The lowest BCUT2D eigenvalue weighted by atomic mass is 10.3. The molecule has 0 unspecified atom stereocenters. The Balaban J connectivity index is 3.01. The summed E-state index contributed by atoms with van der Waals surface area (Å²) in [5.41, 5.74) is 0. The lowest BCUT2D eigenvalue weighted by Crippen LogP contribution is -2.12. The fourth-order valence-electron chi connectivity index (χ4n) is 1.77. The number of ether oxygens (including phenoxy) is 5. The van der Waals surface area contributed by atoms with Crippen LogP contribution in [0.1, 0.15) is 46.0 Å². The number of carbonyl (C=O) groups is 1. The molecule has 0 fully saturated rings. The molecule has 6 nitrogen and oxygen atoms in total. The fraction of sp³-hybridized carbons (Fsp3) is 0.941. The predicted octanol–water partition coefficient (Wildman–Crippen LogP) is 2.59. The van der Waals surface area contributed by atoms with Gasteiger partial charge in [-0.25, -0.2) is 0 Å². The van der Waals surface area contributed by atoms with Crippen molar-refractivity contribution in [2.24, 2.45) is 0 Å². The van der Waals surface area contributed by atoms with Gasteiger partial charge in [-0.2, -0.15) is 0 Å². The highest BCUT2D eigenvalue weighted by Crippen LogP contribution is 1.95. The first kappa shape index (κ1) is 22.3. The quantitative estimate of drug-likeness (QED) is 0.284. The number of unbranched alkanes of at least 4 members (excludes halogenated alkanes) is 2. The number of hydrogen-bond acceptors (Lipinski definition) is 6. The Bertz CT molecular complexity index is 247. The summed E-state index contributed by atoms with van der Waals surface area (Å²) in [6.45, 7) is 9.24. The first-order valence-corrected chi connectivity index (χ1v) is 8.77. The molecule has 0 aromatic carbocycles. The molecule has 0 aromatic heterocycles. The highest BCUT2D eigenvalue weighted by Gasteiger charge is 2.00. The molecule has 0 aliphatic carbocycles. The minimum Gasteiger partial charge on any atom is -0.466 e. The Labute approximate surface area is 140 Å². The van der Waals surface area contributed by atoms with Crippen molar-refractivity contribution in [2.75, 3.05) is 59.5 Å². The van der Waals surface area contributed by atoms with Crippen LogP contribution in [0.5, 0.6) is 0 Å². The van der Waals surface area contributed by atoms with Crippen LogP contribution in [-0.4, -0.2) is 65.4 Å². The Morgan fingerprint density at radius 2 is 1.13 bits per heavy atom. The molecule has 138 valence electrons. The maximum Gasteiger partial charge on any atom is 0.305 e. The predicted molar refractivity (Wildman–Crippen MR) is 88.7 cm³/mol.